The maximum Gasteiger partial charge on any atom is 0.417 e. The van der Waals surface area contributed by atoms with Gasteiger partial charge in [-0.3, -0.25) is 4.98 Å². The molecular formula is C12H9F3N2. The summed E-state index contributed by atoms with van der Waals surface area (Å²) in [7, 11) is 0. The molecule has 0 aliphatic rings. The number of aromatic nitrogens is 1. The third kappa shape index (κ3) is 2.38. The summed E-state index contributed by atoms with van der Waals surface area (Å²) in [5.74, 6) is 0. The predicted octanol–water partition coefficient (Wildman–Crippen LogP) is 3.35. The van der Waals surface area contributed by atoms with E-state index < -0.39 is 11.7 Å². The minimum Gasteiger partial charge on any atom is -0.399 e. The fourth-order valence-corrected chi connectivity index (χ4v) is 1.54. The van der Waals surface area contributed by atoms with E-state index in [1.165, 1.54) is 24.4 Å². The van der Waals surface area contributed by atoms with Crippen molar-refractivity contribution in [1.82, 2.24) is 4.98 Å². The van der Waals surface area contributed by atoms with Gasteiger partial charge in [0, 0.05) is 17.4 Å². The van der Waals surface area contributed by atoms with Crippen LogP contribution in [0.5, 0.6) is 0 Å². The van der Waals surface area contributed by atoms with Crippen LogP contribution in [0, 0.1) is 0 Å². The Morgan fingerprint density at radius 2 is 1.82 bits per heavy atom. The van der Waals surface area contributed by atoms with E-state index in [2.05, 4.69) is 4.98 Å². The Hall–Kier alpha value is -2.04. The second-order valence-electron chi connectivity index (χ2n) is 3.52. The molecule has 2 rings (SSSR count). The van der Waals surface area contributed by atoms with Crippen molar-refractivity contribution in [2.75, 3.05) is 5.73 Å². The van der Waals surface area contributed by atoms with E-state index in [1.54, 1.807) is 12.1 Å². The first kappa shape index (κ1) is 11.4. The highest BCUT2D eigenvalue weighted by Gasteiger charge is 2.34. The maximum atomic E-state index is 12.8. The fourth-order valence-electron chi connectivity index (χ4n) is 1.54. The van der Waals surface area contributed by atoms with Crippen LogP contribution in [0.15, 0.2) is 42.6 Å². The number of halogens is 3. The van der Waals surface area contributed by atoms with Crippen LogP contribution in [0.3, 0.4) is 0 Å². The van der Waals surface area contributed by atoms with E-state index >= 15 is 0 Å². The standard InChI is InChI=1S/C12H9F3N2/c13-12(14,15)10-7-8(16)4-5-9(10)11-3-1-2-6-17-11/h1-7H,16H2. The molecule has 5 heteroatoms. The van der Waals surface area contributed by atoms with Gasteiger partial charge in [-0.15, -0.1) is 0 Å². The Kier molecular flexibility index (Phi) is 2.75. The predicted molar refractivity (Wildman–Crippen MR) is 59.1 cm³/mol. The van der Waals surface area contributed by atoms with Crippen molar-refractivity contribution >= 4 is 5.69 Å². The summed E-state index contributed by atoms with van der Waals surface area (Å²) >= 11 is 0. The maximum absolute atomic E-state index is 12.8. The molecule has 1 aromatic carbocycles. The number of pyridine rings is 1. The molecule has 0 bridgehead atoms. The first-order valence-electron chi connectivity index (χ1n) is 4.86. The third-order valence-corrected chi connectivity index (χ3v) is 2.29. The van der Waals surface area contributed by atoms with Crippen LogP contribution in [0.2, 0.25) is 0 Å². The highest BCUT2D eigenvalue weighted by atomic mass is 19.4. The summed E-state index contributed by atoms with van der Waals surface area (Å²) in [4.78, 5) is 3.91. The molecule has 17 heavy (non-hydrogen) atoms. The van der Waals surface area contributed by atoms with Gasteiger partial charge < -0.3 is 5.73 Å². The monoisotopic (exact) mass is 238 g/mol. The summed E-state index contributed by atoms with van der Waals surface area (Å²) in [5, 5.41) is 0. The molecule has 0 fully saturated rings. The van der Waals surface area contributed by atoms with Gasteiger partial charge in [-0.2, -0.15) is 13.2 Å². The molecule has 0 unspecified atom stereocenters. The second kappa shape index (κ2) is 4.08. The number of rotatable bonds is 1. The van der Waals surface area contributed by atoms with E-state index in [-0.39, 0.29) is 16.9 Å². The zero-order chi connectivity index (χ0) is 12.5. The molecular weight excluding hydrogens is 229 g/mol. The molecule has 2 N–H and O–H groups in total. The number of nitrogens with zero attached hydrogens (tertiary/aromatic N) is 1. The lowest BCUT2D eigenvalue weighted by Gasteiger charge is -2.12. The number of hydrogen-bond donors (Lipinski definition) is 1. The molecule has 1 heterocycles. The Morgan fingerprint density at radius 1 is 1.06 bits per heavy atom. The van der Waals surface area contributed by atoms with Crippen molar-refractivity contribution in [3.63, 3.8) is 0 Å². The van der Waals surface area contributed by atoms with E-state index in [9.17, 15) is 13.2 Å². The average molecular weight is 238 g/mol. The lowest BCUT2D eigenvalue weighted by molar-refractivity contribution is -0.137. The Morgan fingerprint density at radius 3 is 2.41 bits per heavy atom. The van der Waals surface area contributed by atoms with E-state index in [1.807, 2.05) is 0 Å². The van der Waals surface area contributed by atoms with Crippen LogP contribution < -0.4 is 5.73 Å². The molecule has 0 spiro atoms. The van der Waals surface area contributed by atoms with Gasteiger partial charge in [-0.1, -0.05) is 12.1 Å². The molecule has 0 radical (unpaired) electrons. The van der Waals surface area contributed by atoms with Crippen LogP contribution in [0.4, 0.5) is 18.9 Å². The van der Waals surface area contributed by atoms with Crippen LogP contribution in [-0.2, 0) is 6.18 Å². The van der Waals surface area contributed by atoms with E-state index in [0.717, 1.165) is 6.07 Å². The number of hydrogen-bond acceptors (Lipinski definition) is 2. The van der Waals surface area contributed by atoms with E-state index in [4.69, 9.17) is 5.73 Å². The summed E-state index contributed by atoms with van der Waals surface area (Å²) in [6.07, 6.45) is -2.99. The third-order valence-electron chi connectivity index (χ3n) is 2.29. The van der Waals surface area contributed by atoms with Gasteiger partial charge in [0.25, 0.3) is 0 Å². The Bertz CT molecular complexity index is 521. The van der Waals surface area contributed by atoms with Gasteiger partial charge in [0.05, 0.1) is 11.3 Å². The number of nitrogens with two attached hydrogens (primary N) is 1. The van der Waals surface area contributed by atoms with Gasteiger partial charge in [-0.05, 0) is 24.3 Å². The quantitative estimate of drug-likeness (QED) is 0.774. The second-order valence-corrected chi connectivity index (χ2v) is 3.52. The normalized spacial score (nSPS) is 11.5. The average Bonchev–Trinajstić information content (AvgIpc) is 2.29. The first-order chi connectivity index (χ1) is 7.98. The number of nitrogen functional groups attached to an aromatic ring is 1. The summed E-state index contributed by atoms with van der Waals surface area (Å²) in [5.41, 5.74) is 5.01. The topological polar surface area (TPSA) is 38.9 Å². The molecule has 1 aromatic heterocycles. The molecule has 0 atom stereocenters. The lowest BCUT2D eigenvalue weighted by Crippen LogP contribution is -2.08. The van der Waals surface area contributed by atoms with Gasteiger partial charge in [0.15, 0.2) is 0 Å². The Labute approximate surface area is 95.9 Å². The molecule has 2 aromatic rings. The molecule has 2 nitrogen and oxygen atoms in total. The highest BCUT2D eigenvalue weighted by molar-refractivity contribution is 5.67. The molecule has 0 saturated carbocycles. The highest BCUT2D eigenvalue weighted by Crippen LogP contribution is 2.37. The van der Waals surface area contributed by atoms with Crippen molar-refractivity contribution in [3.8, 4) is 11.3 Å². The summed E-state index contributed by atoms with van der Waals surface area (Å²) in [6, 6.07) is 8.50. The zero-order valence-corrected chi connectivity index (χ0v) is 8.70. The Balaban J connectivity index is 2.63. The van der Waals surface area contributed by atoms with Gasteiger partial charge in [0.1, 0.15) is 0 Å². The van der Waals surface area contributed by atoms with Crippen molar-refractivity contribution < 1.29 is 13.2 Å². The first-order valence-corrected chi connectivity index (χ1v) is 4.86. The van der Waals surface area contributed by atoms with Gasteiger partial charge in [-0.25, -0.2) is 0 Å². The van der Waals surface area contributed by atoms with Gasteiger partial charge in [0.2, 0.25) is 0 Å². The fraction of sp³-hybridized carbons (Fsp3) is 0.0833. The van der Waals surface area contributed by atoms with Crippen LogP contribution in [0.1, 0.15) is 5.56 Å². The van der Waals surface area contributed by atoms with Crippen molar-refractivity contribution in [2.45, 2.75) is 6.18 Å². The zero-order valence-electron chi connectivity index (χ0n) is 8.70. The smallest absolute Gasteiger partial charge is 0.399 e. The summed E-state index contributed by atoms with van der Waals surface area (Å²) in [6.45, 7) is 0. The van der Waals surface area contributed by atoms with Crippen molar-refractivity contribution in [3.05, 3.63) is 48.2 Å². The molecule has 0 saturated heterocycles. The van der Waals surface area contributed by atoms with Gasteiger partial charge >= 0.3 is 6.18 Å². The molecule has 0 aliphatic heterocycles. The van der Waals surface area contributed by atoms with Crippen LogP contribution in [0.25, 0.3) is 11.3 Å². The lowest BCUT2D eigenvalue weighted by atomic mass is 10.0. The van der Waals surface area contributed by atoms with E-state index in [0.29, 0.717) is 0 Å². The van der Waals surface area contributed by atoms with Crippen molar-refractivity contribution in [2.24, 2.45) is 0 Å². The minimum absolute atomic E-state index is 0.0345. The number of benzene rings is 1. The summed E-state index contributed by atoms with van der Waals surface area (Å²) < 4.78 is 38.5. The minimum atomic E-state index is -4.44. The number of anilines is 1. The molecule has 0 aliphatic carbocycles. The molecule has 88 valence electrons. The SMILES string of the molecule is Nc1ccc(-c2ccccn2)c(C(F)(F)F)c1. The number of alkyl halides is 3. The van der Waals surface area contributed by atoms with Crippen LogP contribution >= 0.6 is 0 Å². The largest absolute Gasteiger partial charge is 0.417 e. The molecule has 0 amide bonds. The van der Waals surface area contributed by atoms with Crippen molar-refractivity contribution in [1.29, 1.82) is 0 Å². The van der Waals surface area contributed by atoms with Crippen LogP contribution in [-0.4, -0.2) is 4.98 Å².